The van der Waals surface area contributed by atoms with E-state index in [-0.39, 0.29) is 11.3 Å². The zero-order valence-corrected chi connectivity index (χ0v) is 15.3. The Bertz CT molecular complexity index is 1210. The van der Waals surface area contributed by atoms with Crippen molar-refractivity contribution in [2.75, 3.05) is 0 Å². The van der Waals surface area contributed by atoms with Crippen LogP contribution in [0.3, 0.4) is 0 Å². The van der Waals surface area contributed by atoms with Crippen LogP contribution in [0, 0.1) is 0 Å². The Balaban J connectivity index is 1.79. The van der Waals surface area contributed by atoms with Crippen molar-refractivity contribution < 1.29 is 9.53 Å². The van der Waals surface area contributed by atoms with Gasteiger partial charge in [0, 0.05) is 17.5 Å². The van der Waals surface area contributed by atoms with Crippen LogP contribution in [0.4, 0.5) is 0 Å². The van der Waals surface area contributed by atoms with E-state index >= 15 is 0 Å². The Hall–Kier alpha value is -3.73. The standard InChI is InChI=1S/C23H18N2O3/c1-2-25-22(26)19-14-7-6-13-18(19)21(24-25)23(27)28-20-15-9-8-12-17(20)16-10-4-3-5-11-16/h3-15H,2H2,1H3. The Kier molecular flexibility index (Phi) is 4.72. The second-order valence-corrected chi connectivity index (χ2v) is 6.27. The van der Waals surface area contributed by atoms with E-state index < -0.39 is 5.97 Å². The van der Waals surface area contributed by atoms with E-state index in [9.17, 15) is 9.59 Å². The molecule has 3 aromatic carbocycles. The van der Waals surface area contributed by atoms with Crippen LogP contribution in [0.1, 0.15) is 17.4 Å². The summed E-state index contributed by atoms with van der Waals surface area (Å²) < 4.78 is 7.00. The molecule has 0 aliphatic rings. The van der Waals surface area contributed by atoms with Gasteiger partial charge in [0.25, 0.3) is 5.56 Å². The van der Waals surface area contributed by atoms with Crippen molar-refractivity contribution in [1.29, 1.82) is 0 Å². The maximum Gasteiger partial charge on any atom is 0.364 e. The summed E-state index contributed by atoms with van der Waals surface area (Å²) in [5, 5.41) is 5.18. The first-order valence-electron chi connectivity index (χ1n) is 9.05. The molecule has 5 heteroatoms. The van der Waals surface area contributed by atoms with Crippen molar-refractivity contribution in [3.05, 3.63) is 94.9 Å². The van der Waals surface area contributed by atoms with Crippen LogP contribution in [0.5, 0.6) is 5.75 Å². The molecule has 1 heterocycles. The maximum atomic E-state index is 13.0. The van der Waals surface area contributed by atoms with Crippen LogP contribution >= 0.6 is 0 Å². The number of nitrogens with zero attached hydrogens (tertiary/aromatic N) is 2. The monoisotopic (exact) mass is 370 g/mol. The predicted octanol–water partition coefficient (Wildman–Crippen LogP) is 4.30. The summed E-state index contributed by atoms with van der Waals surface area (Å²) in [6, 6.07) is 24.0. The Morgan fingerprint density at radius 1 is 0.893 bits per heavy atom. The number of ether oxygens (including phenoxy) is 1. The van der Waals surface area contributed by atoms with Crippen LogP contribution in [-0.2, 0) is 6.54 Å². The summed E-state index contributed by atoms with van der Waals surface area (Å²) in [6.07, 6.45) is 0. The van der Waals surface area contributed by atoms with Gasteiger partial charge < -0.3 is 4.74 Å². The predicted molar refractivity (Wildman–Crippen MR) is 109 cm³/mol. The summed E-state index contributed by atoms with van der Waals surface area (Å²) in [6.45, 7) is 2.17. The normalized spacial score (nSPS) is 10.8. The average Bonchev–Trinajstić information content (AvgIpc) is 2.75. The lowest BCUT2D eigenvalue weighted by Gasteiger charge is -2.12. The lowest BCUT2D eigenvalue weighted by atomic mass is 10.0. The minimum absolute atomic E-state index is 0.125. The SMILES string of the molecule is CCn1nc(C(=O)Oc2ccccc2-c2ccccc2)c2ccccc2c1=O. The lowest BCUT2D eigenvalue weighted by Crippen LogP contribution is -2.26. The third kappa shape index (κ3) is 3.18. The quantitative estimate of drug-likeness (QED) is 0.397. The first-order valence-corrected chi connectivity index (χ1v) is 9.05. The van der Waals surface area contributed by atoms with Gasteiger partial charge in [-0.25, -0.2) is 9.48 Å². The molecule has 0 unspecified atom stereocenters. The zero-order chi connectivity index (χ0) is 19.5. The number of benzene rings is 3. The van der Waals surface area contributed by atoms with Crippen molar-refractivity contribution in [2.45, 2.75) is 13.5 Å². The summed E-state index contributed by atoms with van der Waals surface area (Å²) in [4.78, 5) is 25.5. The van der Waals surface area contributed by atoms with E-state index in [1.54, 1.807) is 30.3 Å². The molecule has 0 N–H and O–H groups in total. The highest BCUT2D eigenvalue weighted by Crippen LogP contribution is 2.30. The topological polar surface area (TPSA) is 61.2 Å². The molecular formula is C23H18N2O3. The third-order valence-electron chi connectivity index (χ3n) is 4.54. The van der Waals surface area contributed by atoms with Crippen LogP contribution in [0.2, 0.25) is 0 Å². The fraction of sp³-hybridized carbons (Fsp3) is 0.0870. The van der Waals surface area contributed by atoms with Gasteiger partial charge in [-0.15, -0.1) is 0 Å². The number of fused-ring (bicyclic) bond motifs is 1. The fourth-order valence-electron chi connectivity index (χ4n) is 3.16. The first kappa shape index (κ1) is 17.7. The van der Waals surface area contributed by atoms with Crippen LogP contribution in [0.15, 0.2) is 83.7 Å². The number of carbonyl (C=O) groups is 1. The molecule has 0 aliphatic carbocycles. The number of carbonyl (C=O) groups excluding carboxylic acids is 1. The summed E-state index contributed by atoms with van der Waals surface area (Å²) in [7, 11) is 0. The van der Waals surface area contributed by atoms with Crippen molar-refractivity contribution in [1.82, 2.24) is 9.78 Å². The van der Waals surface area contributed by atoms with Gasteiger partial charge in [0.05, 0.1) is 5.39 Å². The second kappa shape index (κ2) is 7.48. The molecule has 0 saturated carbocycles. The highest BCUT2D eigenvalue weighted by Gasteiger charge is 2.19. The Morgan fingerprint density at radius 3 is 2.29 bits per heavy atom. The first-order chi connectivity index (χ1) is 13.7. The number of hydrogen-bond acceptors (Lipinski definition) is 4. The van der Waals surface area contributed by atoms with Crippen molar-refractivity contribution >= 4 is 16.7 Å². The molecule has 0 bridgehead atoms. The minimum atomic E-state index is -0.596. The number of aryl methyl sites for hydroxylation is 1. The van der Waals surface area contributed by atoms with Gasteiger partial charge in [-0.3, -0.25) is 4.79 Å². The van der Waals surface area contributed by atoms with E-state index in [4.69, 9.17) is 4.74 Å². The number of esters is 1. The largest absolute Gasteiger partial charge is 0.421 e. The van der Waals surface area contributed by atoms with Crippen LogP contribution in [0.25, 0.3) is 21.9 Å². The Morgan fingerprint density at radius 2 is 1.54 bits per heavy atom. The molecule has 0 saturated heterocycles. The summed E-state index contributed by atoms with van der Waals surface area (Å²) in [5.74, 6) is -0.152. The molecule has 0 amide bonds. The average molecular weight is 370 g/mol. The van der Waals surface area contributed by atoms with Gasteiger partial charge in [0.15, 0.2) is 5.69 Å². The summed E-state index contributed by atoms with van der Waals surface area (Å²) >= 11 is 0. The van der Waals surface area contributed by atoms with Gasteiger partial charge in [-0.05, 0) is 24.6 Å². The van der Waals surface area contributed by atoms with Crippen LogP contribution < -0.4 is 10.3 Å². The summed E-state index contributed by atoms with van der Waals surface area (Å²) in [5.41, 5.74) is 1.66. The van der Waals surface area contributed by atoms with E-state index in [0.717, 1.165) is 11.1 Å². The number of aromatic nitrogens is 2. The molecule has 138 valence electrons. The fourth-order valence-corrected chi connectivity index (χ4v) is 3.16. The van der Waals surface area contributed by atoms with E-state index in [2.05, 4.69) is 5.10 Å². The molecule has 4 rings (SSSR count). The molecule has 28 heavy (non-hydrogen) atoms. The van der Waals surface area contributed by atoms with E-state index in [0.29, 0.717) is 23.1 Å². The smallest absolute Gasteiger partial charge is 0.364 e. The molecule has 4 aromatic rings. The molecule has 0 spiro atoms. The van der Waals surface area contributed by atoms with Crippen molar-refractivity contribution in [3.63, 3.8) is 0 Å². The van der Waals surface area contributed by atoms with Gasteiger partial charge in [0.1, 0.15) is 5.75 Å². The zero-order valence-electron chi connectivity index (χ0n) is 15.3. The minimum Gasteiger partial charge on any atom is -0.421 e. The number of para-hydroxylation sites is 1. The van der Waals surface area contributed by atoms with Gasteiger partial charge in [-0.2, -0.15) is 5.10 Å². The highest BCUT2D eigenvalue weighted by molar-refractivity contribution is 6.03. The second-order valence-electron chi connectivity index (χ2n) is 6.27. The molecule has 0 atom stereocenters. The maximum absolute atomic E-state index is 13.0. The Labute approximate surface area is 161 Å². The molecule has 0 radical (unpaired) electrons. The molecule has 1 aromatic heterocycles. The number of rotatable bonds is 4. The third-order valence-corrected chi connectivity index (χ3v) is 4.54. The van der Waals surface area contributed by atoms with Crippen molar-refractivity contribution in [3.8, 4) is 16.9 Å². The molecule has 5 nitrogen and oxygen atoms in total. The van der Waals surface area contributed by atoms with Gasteiger partial charge >= 0.3 is 5.97 Å². The van der Waals surface area contributed by atoms with Crippen molar-refractivity contribution in [2.24, 2.45) is 0 Å². The van der Waals surface area contributed by atoms with Gasteiger partial charge in [0.2, 0.25) is 0 Å². The number of hydrogen-bond donors (Lipinski definition) is 0. The van der Waals surface area contributed by atoms with Gasteiger partial charge in [-0.1, -0.05) is 66.7 Å². The lowest BCUT2D eigenvalue weighted by molar-refractivity contribution is 0.0729. The molecule has 0 aliphatic heterocycles. The van der Waals surface area contributed by atoms with Crippen LogP contribution in [-0.4, -0.2) is 15.7 Å². The highest BCUT2D eigenvalue weighted by atomic mass is 16.5. The van der Waals surface area contributed by atoms with E-state index in [1.165, 1.54) is 4.68 Å². The van der Waals surface area contributed by atoms with E-state index in [1.807, 2.05) is 55.5 Å². The molecular weight excluding hydrogens is 352 g/mol. The molecule has 0 fully saturated rings.